The van der Waals surface area contributed by atoms with E-state index < -0.39 is 12.1 Å². The van der Waals surface area contributed by atoms with Gasteiger partial charge in [0.15, 0.2) is 6.10 Å². The van der Waals surface area contributed by atoms with E-state index >= 15 is 0 Å². The number of hydrogen-bond donors (Lipinski definition) is 1. The average molecular weight is 428 g/mol. The summed E-state index contributed by atoms with van der Waals surface area (Å²) in [6.07, 6.45) is 8.22. The molecule has 0 spiro atoms. The van der Waals surface area contributed by atoms with E-state index in [0.717, 1.165) is 36.2 Å². The van der Waals surface area contributed by atoms with Gasteiger partial charge < -0.3 is 19.4 Å². The highest BCUT2D eigenvalue weighted by Crippen LogP contribution is 2.20. The van der Waals surface area contributed by atoms with Gasteiger partial charge >= 0.3 is 5.97 Å². The Kier molecular flexibility index (Phi) is 9.54. The molecular weight excluding hydrogens is 394 g/mol. The normalized spacial score (nSPS) is 15.1. The van der Waals surface area contributed by atoms with Crippen LogP contribution in [0, 0.1) is 25.2 Å². The number of nitrogens with one attached hydrogen (secondary N) is 1. The Labute approximate surface area is 184 Å². The smallest absolute Gasteiger partial charge is 0.349 e. The third-order valence-electron chi connectivity index (χ3n) is 5.56. The van der Waals surface area contributed by atoms with Crippen molar-refractivity contribution < 1.29 is 19.1 Å². The van der Waals surface area contributed by atoms with Crippen LogP contribution in [0.25, 0.3) is 6.08 Å². The van der Waals surface area contributed by atoms with Gasteiger partial charge in [-0.1, -0.05) is 11.6 Å². The molecule has 0 fully saturated rings. The van der Waals surface area contributed by atoms with E-state index in [1.165, 1.54) is 31.4 Å². The first-order valence-corrected chi connectivity index (χ1v) is 10.8. The summed E-state index contributed by atoms with van der Waals surface area (Å²) in [4.78, 5) is 24.7. The number of aromatic nitrogens is 1. The van der Waals surface area contributed by atoms with Crippen LogP contribution >= 0.6 is 0 Å². The lowest BCUT2D eigenvalue weighted by molar-refractivity contribution is -0.150. The summed E-state index contributed by atoms with van der Waals surface area (Å²) >= 11 is 0. The fourth-order valence-corrected chi connectivity index (χ4v) is 3.69. The summed E-state index contributed by atoms with van der Waals surface area (Å²) in [6, 6.07) is 3.80. The molecule has 1 aliphatic carbocycles. The molecule has 0 saturated heterocycles. The maximum Gasteiger partial charge on any atom is 0.349 e. The highest BCUT2D eigenvalue weighted by atomic mass is 16.5. The topological polar surface area (TPSA) is 93.3 Å². The number of carbonyl (C=O) groups excluding carboxylic acids is 2. The van der Waals surface area contributed by atoms with Gasteiger partial charge in [0.05, 0.1) is 6.61 Å². The van der Waals surface area contributed by atoms with Crippen LogP contribution in [0.5, 0.6) is 0 Å². The Morgan fingerprint density at radius 2 is 2.13 bits per heavy atom. The number of allylic oxidation sites excluding steroid dienone is 1. The minimum Gasteiger partial charge on any atom is -0.448 e. The Hall–Kier alpha value is -2.85. The van der Waals surface area contributed by atoms with Crippen LogP contribution in [0.1, 0.15) is 56.0 Å². The van der Waals surface area contributed by atoms with Crippen LogP contribution in [-0.4, -0.2) is 42.8 Å². The zero-order chi connectivity index (χ0) is 22.8. The van der Waals surface area contributed by atoms with Crippen molar-refractivity contribution in [2.45, 2.75) is 65.5 Å². The first kappa shape index (κ1) is 24.4. The third-order valence-corrected chi connectivity index (χ3v) is 5.56. The maximum absolute atomic E-state index is 12.5. The minimum atomic E-state index is -0.973. The lowest BCUT2D eigenvalue weighted by Gasteiger charge is -2.15. The Bertz CT molecular complexity index is 889. The molecule has 1 amide bonds. The predicted molar refractivity (Wildman–Crippen MR) is 119 cm³/mol. The van der Waals surface area contributed by atoms with E-state index in [9.17, 15) is 14.9 Å². The minimum absolute atomic E-state index is 0.140. The molecule has 1 aromatic rings. The van der Waals surface area contributed by atoms with Crippen molar-refractivity contribution in [1.29, 1.82) is 5.26 Å². The van der Waals surface area contributed by atoms with Gasteiger partial charge in [-0.3, -0.25) is 4.79 Å². The molecule has 0 radical (unpaired) electrons. The highest BCUT2D eigenvalue weighted by molar-refractivity contribution is 5.99. The number of ether oxygens (including phenoxy) is 2. The molecule has 0 bridgehead atoms. The summed E-state index contributed by atoms with van der Waals surface area (Å²) in [5, 5.41) is 12.3. The van der Waals surface area contributed by atoms with Crippen molar-refractivity contribution in [3.05, 3.63) is 40.2 Å². The zero-order valence-electron chi connectivity index (χ0n) is 19.0. The number of nitriles is 1. The fraction of sp³-hybridized carbons (Fsp3) is 0.542. The summed E-state index contributed by atoms with van der Waals surface area (Å²) in [7, 11) is 1.64. The van der Waals surface area contributed by atoms with Crippen LogP contribution in [0.15, 0.2) is 23.3 Å². The highest BCUT2D eigenvalue weighted by Gasteiger charge is 2.21. The van der Waals surface area contributed by atoms with Crippen LogP contribution in [0.3, 0.4) is 0 Å². The van der Waals surface area contributed by atoms with Gasteiger partial charge in [-0.15, -0.1) is 0 Å². The van der Waals surface area contributed by atoms with Crippen LogP contribution < -0.4 is 5.32 Å². The van der Waals surface area contributed by atoms with Crippen molar-refractivity contribution in [3.8, 4) is 6.07 Å². The Morgan fingerprint density at radius 3 is 2.77 bits per heavy atom. The van der Waals surface area contributed by atoms with Crippen LogP contribution in [0.2, 0.25) is 0 Å². The summed E-state index contributed by atoms with van der Waals surface area (Å²) in [6.45, 7) is 7.16. The van der Waals surface area contributed by atoms with E-state index in [0.29, 0.717) is 19.7 Å². The second-order valence-electron chi connectivity index (χ2n) is 7.84. The second-order valence-corrected chi connectivity index (χ2v) is 7.84. The van der Waals surface area contributed by atoms with Gasteiger partial charge in [0.2, 0.25) is 0 Å². The van der Waals surface area contributed by atoms with Gasteiger partial charge in [-0.05, 0) is 70.6 Å². The molecule has 1 N–H and O–H groups in total. The fourth-order valence-electron chi connectivity index (χ4n) is 3.69. The maximum atomic E-state index is 12.5. The number of esters is 1. The van der Waals surface area contributed by atoms with E-state index in [1.54, 1.807) is 7.11 Å². The molecule has 0 aliphatic heterocycles. The van der Waals surface area contributed by atoms with Gasteiger partial charge in [-0.2, -0.15) is 5.26 Å². The standard InChI is InChI=1S/C24H33N3O4/c1-17-14-21(18(2)27(17)12-13-30-4)15-22(16-25)24(29)31-19(3)23(28)26-11-10-20-8-6-5-7-9-20/h8,14-15,19H,5-7,9-13H2,1-4H3,(H,26,28)/b22-15+. The van der Waals surface area contributed by atoms with Gasteiger partial charge in [0, 0.05) is 31.6 Å². The second kappa shape index (κ2) is 12.1. The average Bonchev–Trinajstić information content (AvgIpc) is 3.03. The lowest BCUT2D eigenvalue weighted by Crippen LogP contribution is -2.36. The molecule has 1 aliphatic rings. The molecule has 1 unspecified atom stereocenters. The third kappa shape index (κ3) is 7.11. The number of nitrogens with zero attached hydrogens (tertiary/aromatic N) is 2. The van der Waals surface area contributed by atoms with E-state index in [4.69, 9.17) is 9.47 Å². The Morgan fingerprint density at radius 1 is 1.35 bits per heavy atom. The number of carbonyl (C=O) groups is 2. The quantitative estimate of drug-likeness (QED) is 0.267. The summed E-state index contributed by atoms with van der Waals surface area (Å²) < 4.78 is 12.4. The molecule has 2 rings (SSSR count). The number of aryl methyl sites for hydroxylation is 1. The van der Waals surface area contributed by atoms with Crippen molar-refractivity contribution in [3.63, 3.8) is 0 Å². The zero-order valence-corrected chi connectivity index (χ0v) is 19.0. The molecule has 0 aromatic carbocycles. The monoisotopic (exact) mass is 427 g/mol. The molecule has 168 valence electrons. The van der Waals surface area contributed by atoms with Crippen LogP contribution in [-0.2, 0) is 25.6 Å². The number of amides is 1. The van der Waals surface area contributed by atoms with Gasteiger partial charge in [-0.25, -0.2) is 4.79 Å². The molecular formula is C24H33N3O4. The predicted octanol–water partition coefficient (Wildman–Crippen LogP) is 3.60. The van der Waals surface area contributed by atoms with E-state index in [-0.39, 0.29) is 11.5 Å². The van der Waals surface area contributed by atoms with Crippen LogP contribution in [0.4, 0.5) is 0 Å². The first-order chi connectivity index (χ1) is 14.9. The van der Waals surface area contributed by atoms with Gasteiger partial charge in [0.1, 0.15) is 11.6 Å². The van der Waals surface area contributed by atoms with Gasteiger partial charge in [0.25, 0.3) is 5.91 Å². The first-order valence-electron chi connectivity index (χ1n) is 10.8. The largest absolute Gasteiger partial charge is 0.448 e. The number of methoxy groups -OCH3 is 1. The Balaban J connectivity index is 1.95. The summed E-state index contributed by atoms with van der Waals surface area (Å²) in [5.74, 6) is -1.17. The van der Waals surface area contributed by atoms with E-state index in [1.807, 2.05) is 26.0 Å². The lowest BCUT2D eigenvalue weighted by atomic mass is 9.97. The summed E-state index contributed by atoms with van der Waals surface area (Å²) in [5.41, 5.74) is 3.93. The molecule has 1 heterocycles. The molecule has 1 atom stereocenters. The molecule has 31 heavy (non-hydrogen) atoms. The molecule has 7 nitrogen and oxygen atoms in total. The molecule has 0 saturated carbocycles. The van der Waals surface area contributed by atoms with Crippen molar-refractivity contribution in [2.75, 3.05) is 20.3 Å². The molecule has 7 heteroatoms. The SMILES string of the molecule is COCCn1c(C)cc(/C=C(\C#N)C(=O)OC(C)C(=O)NCCC2=CCCCC2)c1C. The van der Waals surface area contributed by atoms with E-state index in [2.05, 4.69) is 16.0 Å². The van der Waals surface area contributed by atoms with Crippen molar-refractivity contribution >= 4 is 18.0 Å². The van der Waals surface area contributed by atoms with Crippen molar-refractivity contribution in [2.24, 2.45) is 0 Å². The number of hydrogen-bond acceptors (Lipinski definition) is 5. The number of rotatable bonds is 10. The molecule has 1 aromatic heterocycles. The van der Waals surface area contributed by atoms with Crippen molar-refractivity contribution in [1.82, 2.24) is 9.88 Å².